The first-order valence-electron chi connectivity index (χ1n) is 9.27. The van der Waals surface area contributed by atoms with Gasteiger partial charge in [-0.15, -0.1) is 0 Å². The predicted octanol–water partition coefficient (Wildman–Crippen LogP) is 4.43. The molecule has 0 aromatic heterocycles. The highest BCUT2D eigenvalue weighted by atomic mass is 16.5. The van der Waals surface area contributed by atoms with Crippen LogP contribution in [0.3, 0.4) is 0 Å². The van der Waals surface area contributed by atoms with Crippen LogP contribution in [0.15, 0.2) is 48.5 Å². The monoisotopic (exact) mass is 341 g/mol. The van der Waals surface area contributed by atoms with Crippen LogP contribution < -0.4 is 15.6 Å². The van der Waals surface area contributed by atoms with Gasteiger partial charge in [0.15, 0.2) is 0 Å². The maximum absolute atomic E-state index is 5.94. The Morgan fingerprint density at radius 2 is 1.72 bits per heavy atom. The highest BCUT2D eigenvalue weighted by molar-refractivity contribution is 5.42. The van der Waals surface area contributed by atoms with Gasteiger partial charge in [0.2, 0.25) is 0 Å². The van der Waals surface area contributed by atoms with Crippen molar-refractivity contribution < 1.29 is 4.74 Å². The zero-order chi connectivity index (χ0) is 17.9. The summed E-state index contributed by atoms with van der Waals surface area (Å²) in [5.41, 5.74) is 10.1. The summed E-state index contributed by atoms with van der Waals surface area (Å²) in [4.78, 5) is 2.41. The number of ether oxygens (including phenoxy) is 1. The van der Waals surface area contributed by atoms with E-state index in [1.165, 1.54) is 11.1 Å². The molecule has 0 spiro atoms. The SMILES string of the molecule is CCCOc1ccc(CNNc2ccccc2)cc1CN(CC)CC. The number of benzene rings is 2. The summed E-state index contributed by atoms with van der Waals surface area (Å²) < 4.78 is 5.94. The first-order valence-corrected chi connectivity index (χ1v) is 9.27. The summed E-state index contributed by atoms with van der Waals surface area (Å²) in [5, 5.41) is 0. The van der Waals surface area contributed by atoms with E-state index in [-0.39, 0.29) is 0 Å². The molecule has 0 saturated heterocycles. The molecule has 0 aliphatic carbocycles. The summed E-state index contributed by atoms with van der Waals surface area (Å²) in [5.74, 6) is 1.01. The highest BCUT2D eigenvalue weighted by Crippen LogP contribution is 2.22. The molecular weight excluding hydrogens is 310 g/mol. The summed E-state index contributed by atoms with van der Waals surface area (Å²) in [6, 6.07) is 16.6. The molecule has 136 valence electrons. The molecule has 0 amide bonds. The van der Waals surface area contributed by atoms with Gasteiger partial charge in [0.25, 0.3) is 0 Å². The molecule has 25 heavy (non-hydrogen) atoms. The quantitative estimate of drug-likeness (QED) is 0.593. The molecule has 4 nitrogen and oxygen atoms in total. The van der Waals surface area contributed by atoms with E-state index in [0.717, 1.165) is 50.6 Å². The van der Waals surface area contributed by atoms with E-state index in [9.17, 15) is 0 Å². The van der Waals surface area contributed by atoms with Crippen molar-refractivity contribution in [1.82, 2.24) is 10.3 Å². The van der Waals surface area contributed by atoms with Gasteiger partial charge in [0.05, 0.1) is 6.61 Å². The van der Waals surface area contributed by atoms with Gasteiger partial charge < -0.3 is 10.2 Å². The fourth-order valence-electron chi connectivity index (χ4n) is 2.68. The number of hydrogen-bond donors (Lipinski definition) is 2. The zero-order valence-corrected chi connectivity index (χ0v) is 15.7. The van der Waals surface area contributed by atoms with Crippen molar-refractivity contribution in [3.8, 4) is 5.75 Å². The molecule has 0 unspecified atom stereocenters. The molecule has 2 N–H and O–H groups in total. The average molecular weight is 341 g/mol. The Morgan fingerprint density at radius 1 is 0.960 bits per heavy atom. The molecular formula is C21H31N3O. The van der Waals surface area contributed by atoms with Gasteiger partial charge in [-0.2, -0.15) is 0 Å². The van der Waals surface area contributed by atoms with Gasteiger partial charge in [-0.3, -0.25) is 4.90 Å². The van der Waals surface area contributed by atoms with E-state index in [4.69, 9.17) is 4.74 Å². The Balaban J connectivity index is 2.02. The smallest absolute Gasteiger partial charge is 0.123 e. The fraction of sp³-hybridized carbons (Fsp3) is 0.429. The maximum atomic E-state index is 5.94. The topological polar surface area (TPSA) is 36.5 Å². The number of anilines is 1. The van der Waals surface area contributed by atoms with Gasteiger partial charge in [0.1, 0.15) is 5.75 Å². The van der Waals surface area contributed by atoms with Crippen LogP contribution in [0.25, 0.3) is 0 Å². The van der Waals surface area contributed by atoms with E-state index >= 15 is 0 Å². The van der Waals surface area contributed by atoms with Crippen molar-refractivity contribution >= 4 is 5.69 Å². The molecule has 0 aliphatic rings. The van der Waals surface area contributed by atoms with Crippen LogP contribution in [0.1, 0.15) is 38.3 Å². The highest BCUT2D eigenvalue weighted by Gasteiger charge is 2.09. The van der Waals surface area contributed by atoms with Crippen LogP contribution in [0, 0.1) is 0 Å². The van der Waals surface area contributed by atoms with Crippen molar-refractivity contribution in [1.29, 1.82) is 0 Å². The lowest BCUT2D eigenvalue weighted by Crippen LogP contribution is -2.23. The summed E-state index contributed by atoms with van der Waals surface area (Å²) in [7, 11) is 0. The number of hydrogen-bond acceptors (Lipinski definition) is 4. The lowest BCUT2D eigenvalue weighted by atomic mass is 10.1. The standard InChI is InChI=1S/C21H31N3O/c1-4-14-25-21-13-12-18(15-19(21)17-24(5-2)6-3)16-22-23-20-10-8-7-9-11-20/h7-13,15,22-23H,4-6,14,16-17H2,1-3H3. The lowest BCUT2D eigenvalue weighted by Gasteiger charge is -2.21. The molecule has 2 aromatic rings. The van der Waals surface area contributed by atoms with Gasteiger partial charge >= 0.3 is 0 Å². The Kier molecular flexibility index (Phi) is 8.29. The fourth-order valence-corrected chi connectivity index (χ4v) is 2.68. The largest absolute Gasteiger partial charge is 0.493 e. The predicted molar refractivity (Wildman–Crippen MR) is 106 cm³/mol. The Bertz CT molecular complexity index is 612. The normalized spacial score (nSPS) is 10.9. The van der Waals surface area contributed by atoms with E-state index < -0.39 is 0 Å². The summed E-state index contributed by atoms with van der Waals surface area (Å²) in [6.45, 7) is 11.1. The first-order chi connectivity index (χ1) is 12.3. The van der Waals surface area contributed by atoms with Crippen LogP contribution in [0.5, 0.6) is 5.75 Å². The molecule has 0 bridgehead atoms. The van der Waals surface area contributed by atoms with Crippen LogP contribution in [0.2, 0.25) is 0 Å². The molecule has 2 aromatic carbocycles. The molecule has 0 aliphatic heterocycles. The van der Waals surface area contributed by atoms with Crippen molar-refractivity contribution in [2.45, 2.75) is 40.3 Å². The molecule has 0 heterocycles. The van der Waals surface area contributed by atoms with Crippen LogP contribution in [-0.4, -0.2) is 24.6 Å². The third-order valence-corrected chi connectivity index (χ3v) is 4.17. The summed E-state index contributed by atoms with van der Waals surface area (Å²) in [6.07, 6.45) is 1.02. The van der Waals surface area contributed by atoms with Gasteiger partial charge in [-0.25, -0.2) is 5.43 Å². The molecule has 0 fully saturated rings. The van der Waals surface area contributed by atoms with Crippen LogP contribution in [-0.2, 0) is 13.1 Å². The Morgan fingerprint density at radius 3 is 2.40 bits per heavy atom. The average Bonchev–Trinajstić information content (AvgIpc) is 2.66. The molecule has 2 rings (SSSR count). The first kappa shape index (κ1) is 19.3. The van der Waals surface area contributed by atoms with Gasteiger partial charge in [0, 0.05) is 24.3 Å². The van der Waals surface area contributed by atoms with E-state index in [2.05, 4.69) is 54.7 Å². The molecule has 0 radical (unpaired) electrons. The second-order valence-electron chi connectivity index (χ2n) is 6.10. The van der Waals surface area contributed by atoms with E-state index in [0.29, 0.717) is 0 Å². The second-order valence-corrected chi connectivity index (χ2v) is 6.10. The number of rotatable bonds is 11. The minimum Gasteiger partial charge on any atom is -0.493 e. The lowest BCUT2D eigenvalue weighted by molar-refractivity contribution is 0.276. The van der Waals surface area contributed by atoms with E-state index in [1.54, 1.807) is 0 Å². The maximum Gasteiger partial charge on any atom is 0.123 e. The number of nitrogens with zero attached hydrogens (tertiary/aromatic N) is 1. The van der Waals surface area contributed by atoms with Crippen molar-refractivity contribution in [3.63, 3.8) is 0 Å². The second kappa shape index (κ2) is 10.7. The van der Waals surface area contributed by atoms with Gasteiger partial charge in [-0.1, -0.05) is 45.0 Å². The van der Waals surface area contributed by atoms with Crippen LogP contribution in [0.4, 0.5) is 5.69 Å². The van der Waals surface area contributed by atoms with E-state index in [1.807, 2.05) is 30.3 Å². The third-order valence-electron chi connectivity index (χ3n) is 4.17. The Labute approximate surface area is 152 Å². The van der Waals surface area contributed by atoms with Crippen molar-refractivity contribution in [2.75, 3.05) is 25.1 Å². The van der Waals surface area contributed by atoms with Crippen molar-refractivity contribution in [2.24, 2.45) is 0 Å². The zero-order valence-electron chi connectivity index (χ0n) is 15.7. The number of para-hydroxylation sites is 1. The Hall–Kier alpha value is -2.04. The summed E-state index contributed by atoms with van der Waals surface area (Å²) >= 11 is 0. The minimum absolute atomic E-state index is 0.758. The van der Waals surface area contributed by atoms with Crippen molar-refractivity contribution in [3.05, 3.63) is 59.7 Å². The molecule has 0 saturated carbocycles. The third kappa shape index (κ3) is 6.40. The van der Waals surface area contributed by atoms with Gasteiger partial charge in [-0.05, 0) is 49.3 Å². The molecule has 4 heteroatoms. The van der Waals surface area contributed by atoms with Crippen LogP contribution >= 0.6 is 0 Å². The molecule has 0 atom stereocenters. The number of nitrogens with one attached hydrogen (secondary N) is 2. The number of hydrazine groups is 1. The minimum atomic E-state index is 0.758.